The van der Waals surface area contributed by atoms with E-state index in [0.717, 1.165) is 39.9 Å². The van der Waals surface area contributed by atoms with Crippen molar-refractivity contribution in [1.82, 2.24) is 20.3 Å². The van der Waals surface area contributed by atoms with Crippen LogP contribution in [0.1, 0.15) is 36.8 Å². The van der Waals surface area contributed by atoms with Crippen molar-refractivity contribution >= 4 is 27.8 Å². The summed E-state index contributed by atoms with van der Waals surface area (Å²) in [7, 11) is 0. The molecule has 2 aromatic carbocycles. The van der Waals surface area contributed by atoms with Crippen LogP contribution in [0.5, 0.6) is 0 Å². The summed E-state index contributed by atoms with van der Waals surface area (Å²) in [6, 6.07) is 14.2. The van der Waals surface area contributed by atoms with Crippen molar-refractivity contribution < 1.29 is 9.18 Å². The fraction of sp³-hybridized carbons (Fsp3) is 0.238. The molecule has 3 atom stereocenters. The van der Waals surface area contributed by atoms with Crippen LogP contribution in [-0.4, -0.2) is 20.9 Å². The van der Waals surface area contributed by atoms with Gasteiger partial charge in [-0.15, -0.1) is 0 Å². The molecule has 1 saturated carbocycles. The van der Waals surface area contributed by atoms with E-state index in [4.69, 9.17) is 0 Å². The number of H-pyrrole nitrogens is 2. The Bertz CT molecular complexity index is 1130. The highest BCUT2D eigenvalue weighted by atomic mass is 19.1. The van der Waals surface area contributed by atoms with Gasteiger partial charge in [-0.2, -0.15) is 0 Å². The maximum Gasteiger partial charge on any atom is 0.224 e. The molecule has 3 N–H and O–H groups in total. The van der Waals surface area contributed by atoms with Crippen molar-refractivity contribution in [2.75, 3.05) is 0 Å². The van der Waals surface area contributed by atoms with Crippen molar-refractivity contribution in [3.05, 3.63) is 65.9 Å². The molecule has 1 unspecified atom stereocenters. The molecular weight excluding hydrogens is 343 g/mol. The Morgan fingerprint density at radius 1 is 1.19 bits per heavy atom. The quantitative estimate of drug-likeness (QED) is 0.510. The molecule has 136 valence electrons. The summed E-state index contributed by atoms with van der Waals surface area (Å²) in [5.74, 6) is 0.718. The number of hydrogen-bond donors (Lipinski definition) is 3. The lowest BCUT2D eigenvalue weighted by molar-refractivity contribution is -0.123. The Morgan fingerprint density at radius 2 is 2.04 bits per heavy atom. The van der Waals surface area contributed by atoms with E-state index < -0.39 is 0 Å². The highest BCUT2D eigenvalue weighted by Gasteiger charge is 2.46. The normalized spacial score (nSPS) is 20.1. The van der Waals surface area contributed by atoms with Gasteiger partial charge in [-0.25, -0.2) is 9.37 Å². The molecule has 5 rings (SSSR count). The first kappa shape index (κ1) is 16.1. The molecule has 2 heterocycles. The first-order valence-corrected chi connectivity index (χ1v) is 9.11. The van der Waals surface area contributed by atoms with Crippen LogP contribution in [0.3, 0.4) is 0 Å². The van der Waals surface area contributed by atoms with Crippen LogP contribution in [0.25, 0.3) is 21.9 Å². The first-order valence-electron chi connectivity index (χ1n) is 9.11. The van der Waals surface area contributed by atoms with Gasteiger partial charge in [-0.3, -0.25) is 4.79 Å². The number of nitrogens with one attached hydrogen (secondary N) is 3. The average molecular weight is 362 g/mol. The largest absolute Gasteiger partial charge is 0.357 e. The lowest BCUT2D eigenvalue weighted by Gasteiger charge is -2.12. The maximum atomic E-state index is 13.4. The van der Waals surface area contributed by atoms with Crippen LogP contribution in [0.15, 0.2) is 48.5 Å². The molecule has 2 aromatic heterocycles. The number of nitrogens with zero attached hydrogens (tertiary/aromatic N) is 1. The minimum Gasteiger partial charge on any atom is -0.357 e. The Kier molecular flexibility index (Phi) is 3.53. The topological polar surface area (TPSA) is 73.6 Å². The number of hydrogen-bond acceptors (Lipinski definition) is 2. The SMILES string of the molecule is CC(NC(=O)[C@H]1C[C@@H]1c1nc2ccccc2[nH]1)c1cc2cc(F)ccc2[nH]1. The van der Waals surface area contributed by atoms with Gasteiger partial charge in [-0.05, 0) is 49.7 Å². The summed E-state index contributed by atoms with van der Waals surface area (Å²) in [6.07, 6.45) is 0.802. The van der Waals surface area contributed by atoms with Gasteiger partial charge in [0.05, 0.1) is 17.1 Å². The molecule has 1 aliphatic rings. The van der Waals surface area contributed by atoms with Crippen molar-refractivity contribution in [2.45, 2.75) is 25.3 Å². The highest BCUT2D eigenvalue weighted by molar-refractivity contribution is 5.84. The molecule has 0 saturated heterocycles. The molecule has 4 aromatic rings. The zero-order valence-corrected chi connectivity index (χ0v) is 14.8. The molecule has 5 nitrogen and oxygen atoms in total. The maximum absolute atomic E-state index is 13.4. The molecule has 1 fully saturated rings. The molecule has 1 amide bonds. The van der Waals surface area contributed by atoms with Crippen molar-refractivity contribution in [3.63, 3.8) is 0 Å². The second-order valence-corrected chi connectivity index (χ2v) is 7.27. The number of rotatable bonds is 4. The number of carbonyl (C=O) groups is 1. The Hall–Kier alpha value is -3.15. The molecule has 0 aliphatic heterocycles. The number of amides is 1. The lowest BCUT2D eigenvalue weighted by atomic mass is 10.2. The molecule has 1 aliphatic carbocycles. The minimum atomic E-state index is -0.267. The molecular formula is C21H19FN4O. The van der Waals surface area contributed by atoms with Gasteiger partial charge < -0.3 is 15.3 Å². The summed E-state index contributed by atoms with van der Waals surface area (Å²) in [6.45, 7) is 1.93. The molecule has 6 heteroatoms. The summed E-state index contributed by atoms with van der Waals surface area (Å²) >= 11 is 0. The van der Waals surface area contributed by atoms with Crippen LogP contribution in [0, 0.1) is 11.7 Å². The van der Waals surface area contributed by atoms with Gasteiger partial charge in [0.2, 0.25) is 5.91 Å². The Balaban J connectivity index is 1.28. The summed E-state index contributed by atoms with van der Waals surface area (Å²) < 4.78 is 13.4. The minimum absolute atomic E-state index is 0.0257. The predicted molar refractivity (Wildman–Crippen MR) is 102 cm³/mol. The highest BCUT2D eigenvalue weighted by Crippen LogP contribution is 2.47. The number of imidazole rings is 1. The van der Waals surface area contributed by atoms with Gasteiger partial charge in [-0.1, -0.05) is 12.1 Å². The van der Waals surface area contributed by atoms with Crippen LogP contribution in [0.4, 0.5) is 4.39 Å². The van der Waals surface area contributed by atoms with Crippen LogP contribution >= 0.6 is 0 Å². The van der Waals surface area contributed by atoms with Crippen LogP contribution in [0.2, 0.25) is 0 Å². The Labute approximate surface area is 155 Å². The lowest BCUT2D eigenvalue weighted by Crippen LogP contribution is -2.28. The van der Waals surface area contributed by atoms with Crippen molar-refractivity contribution in [3.8, 4) is 0 Å². The standard InChI is InChI=1S/C21H19FN4O/c1-11(19-9-12-8-13(22)6-7-16(12)24-19)23-21(27)15-10-14(15)20-25-17-4-2-3-5-18(17)26-20/h2-9,11,14-15,24H,10H2,1H3,(H,23,27)(H,25,26)/t11?,14-,15-/m0/s1. The second kappa shape index (κ2) is 5.94. The van der Waals surface area contributed by atoms with Gasteiger partial charge in [0.1, 0.15) is 11.6 Å². The van der Waals surface area contributed by atoms with E-state index in [1.54, 1.807) is 6.07 Å². The zero-order chi connectivity index (χ0) is 18.5. The number of halogens is 1. The van der Waals surface area contributed by atoms with E-state index in [1.165, 1.54) is 12.1 Å². The predicted octanol–water partition coefficient (Wildman–Crippen LogP) is 4.16. The van der Waals surface area contributed by atoms with Crippen LogP contribution in [-0.2, 0) is 4.79 Å². The number of benzene rings is 2. The molecule has 27 heavy (non-hydrogen) atoms. The molecule has 0 spiro atoms. The number of para-hydroxylation sites is 2. The van der Waals surface area contributed by atoms with Crippen molar-refractivity contribution in [1.29, 1.82) is 0 Å². The first-order chi connectivity index (χ1) is 13.1. The fourth-order valence-electron chi connectivity index (χ4n) is 3.69. The van der Waals surface area contributed by atoms with E-state index in [0.29, 0.717) is 0 Å². The van der Waals surface area contributed by atoms with Gasteiger partial charge in [0, 0.05) is 28.4 Å². The monoisotopic (exact) mass is 362 g/mol. The molecule has 0 radical (unpaired) electrons. The van der Waals surface area contributed by atoms with Crippen LogP contribution < -0.4 is 5.32 Å². The van der Waals surface area contributed by atoms with E-state index in [1.807, 2.05) is 37.3 Å². The smallest absolute Gasteiger partial charge is 0.224 e. The van der Waals surface area contributed by atoms with Crippen molar-refractivity contribution in [2.24, 2.45) is 5.92 Å². The number of aromatic amines is 2. The van der Waals surface area contributed by atoms with Gasteiger partial charge in [0.25, 0.3) is 0 Å². The van der Waals surface area contributed by atoms with E-state index in [2.05, 4.69) is 20.3 Å². The third-order valence-electron chi connectivity index (χ3n) is 5.32. The average Bonchev–Trinajstić information content (AvgIpc) is 3.16. The number of aromatic nitrogens is 3. The second-order valence-electron chi connectivity index (χ2n) is 7.27. The Morgan fingerprint density at radius 3 is 2.89 bits per heavy atom. The summed E-state index contributed by atoms with van der Waals surface area (Å²) in [4.78, 5) is 23.8. The van der Waals surface area contributed by atoms with E-state index >= 15 is 0 Å². The van der Waals surface area contributed by atoms with E-state index in [9.17, 15) is 9.18 Å². The molecule has 0 bridgehead atoms. The van der Waals surface area contributed by atoms with Gasteiger partial charge >= 0.3 is 0 Å². The summed E-state index contributed by atoms with van der Waals surface area (Å²) in [5, 5.41) is 3.86. The van der Waals surface area contributed by atoms with E-state index in [-0.39, 0.29) is 29.6 Å². The zero-order valence-electron chi connectivity index (χ0n) is 14.8. The third-order valence-corrected chi connectivity index (χ3v) is 5.32. The summed E-state index contributed by atoms with van der Waals surface area (Å²) in [5.41, 5.74) is 3.65. The third kappa shape index (κ3) is 2.87. The number of fused-ring (bicyclic) bond motifs is 2. The van der Waals surface area contributed by atoms with Gasteiger partial charge in [0.15, 0.2) is 0 Å². The fourth-order valence-corrected chi connectivity index (χ4v) is 3.69. The number of carbonyl (C=O) groups excluding carboxylic acids is 1.